The van der Waals surface area contributed by atoms with Crippen LogP contribution in [0, 0.1) is 0 Å². The molecule has 0 bridgehead atoms. The molecule has 0 spiro atoms. The average molecular weight is 336 g/mol. The summed E-state index contributed by atoms with van der Waals surface area (Å²) in [4.78, 5) is 4.26. The number of hydrogen-bond donors (Lipinski definition) is 1. The van der Waals surface area contributed by atoms with Crippen LogP contribution in [0.15, 0.2) is 18.5 Å². The van der Waals surface area contributed by atoms with Crippen LogP contribution in [0.25, 0.3) is 0 Å². The van der Waals surface area contributed by atoms with Gasteiger partial charge in [0.15, 0.2) is 6.29 Å². The summed E-state index contributed by atoms with van der Waals surface area (Å²) < 4.78 is 17.6. The van der Waals surface area contributed by atoms with Gasteiger partial charge < -0.3 is 19.5 Å². The molecule has 1 aliphatic rings. The molecule has 0 saturated carbocycles. The predicted molar refractivity (Wildman–Crippen MR) is 95.3 cm³/mol. The first kappa shape index (κ1) is 19.2. The van der Waals surface area contributed by atoms with E-state index < -0.39 is 0 Å². The van der Waals surface area contributed by atoms with Crippen LogP contribution in [-0.2, 0) is 15.9 Å². The van der Waals surface area contributed by atoms with Crippen molar-refractivity contribution in [3.05, 3.63) is 24.0 Å². The molecule has 2 atom stereocenters. The summed E-state index contributed by atoms with van der Waals surface area (Å²) in [6.07, 6.45) is 9.04. The second-order valence-corrected chi connectivity index (χ2v) is 6.63. The zero-order valence-electron chi connectivity index (χ0n) is 15.3. The Morgan fingerprint density at radius 1 is 1.38 bits per heavy atom. The number of pyridine rings is 1. The maximum atomic E-state index is 5.99. The third kappa shape index (κ3) is 6.75. The van der Waals surface area contributed by atoms with Crippen molar-refractivity contribution in [2.75, 3.05) is 19.8 Å². The maximum Gasteiger partial charge on any atom is 0.157 e. The molecule has 1 aromatic rings. The van der Waals surface area contributed by atoms with Crippen LogP contribution in [-0.4, -0.2) is 43.2 Å². The Morgan fingerprint density at radius 2 is 2.25 bits per heavy atom. The molecule has 0 radical (unpaired) electrons. The number of hydrogen-bond acceptors (Lipinski definition) is 5. The van der Waals surface area contributed by atoms with Gasteiger partial charge in [0.1, 0.15) is 5.75 Å². The van der Waals surface area contributed by atoms with Crippen molar-refractivity contribution in [1.29, 1.82) is 0 Å². The predicted octanol–water partition coefficient (Wildman–Crippen LogP) is 3.32. The lowest BCUT2D eigenvalue weighted by molar-refractivity contribution is -0.165. The fourth-order valence-electron chi connectivity index (χ4n) is 2.81. The van der Waals surface area contributed by atoms with Gasteiger partial charge in [-0.05, 0) is 58.6 Å². The van der Waals surface area contributed by atoms with E-state index in [1.165, 1.54) is 6.42 Å². The van der Waals surface area contributed by atoms with Gasteiger partial charge in [-0.15, -0.1) is 0 Å². The van der Waals surface area contributed by atoms with Crippen molar-refractivity contribution in [2.24, 2.45) is 0 Å². The van der Waals surface area contributed by atoms with Crippen LogP contribution < -0.4 is 10.1 Å². The van der Waals surface area contributed by atoms with Crippen LogP contribution >= 0.6 is 0 Å². The number of ether oxygens (including phenoxy) is 3. The number of nitrogens with zero attached hydrogens (tertiary/aromatic N) is 1. The van der Waals surface area contributed by atoms with Gasteiger partial charge in [-0.3, -0.25) is 4.98 Å². The minimum Gasteiger partial charge on any atom is -0.491 e. The highest BCUT2D eigenvalue weighted by atomic mass is 16.7. The minimum absolute atomic E-state index is 0.0510. The monoisotopic (exact) mass is 336 g/mol. The van der Waals surface area contributed by atoms with Crippen LogP contribution in [0.3, 0.4) is 0 Å². The van der Waals surface area contributed by atoms with Crippen LogP contribution in [0.4, 0.5) is 0 Å². The average Bonchev–Trinajstić information content (AvgIpc) is 2.59. The first-order valence-corrected chi connectivity index (χ1v) is 9.25. The molecule has 1 aromatic heterocycles. The SMILES string of the molecule is CCCN[C@H](COC1CCCCO1)Cc1cnccc1OC(C)C. The van der Waals surface area contributed by atoms with Gasteiger partial charge in [-0.1, -0.05) is 6.92 Å². The van der Waals surface area contributed by atoms with Gasteiger partial charge in [0, 0.05) is 30.6 Å². The Balaban J connectivity index is 1.94. The fraction of sp³-hybridized carbons (Fsp3) is 0.737. The lowest BCUT2D eigenvalue weighted by Crippen LogP contribution is -2.38. The second kappa shape index (κ2) is 10.6. The molecule has 2 heterocycles. The summed E-state index contributed by atoms with van der Waals surface area (Å²) in [6.45, 7) is 8.68. The first-order chi connectivity index (χ1) is 11.7. The van der Waals surface area contributed by atoms with E-state index in [1.54, 1.807) is 6.20 Å². The molecule has 24 heavy (non-hydrogen) atoms. The zero-order valence-corrected chi connectivity index (χ0v) is 15.3. The van der Waals surface area contributed by atoms with Gasteiger partial charge in [0.25, 0.3) is 0 Å². The number of rotatable bonds is 10. The minimum atomic E-state index is -0.0510. The van der Waals surface area contributed by atoms with E-state index in [2.05, 4.69) is 17.2 Å². The Labute approximate surface area is 146 Å². The van der Waals surface area contributed by atoms with Gasteiger partial charge in [0.05, 0.1) is 12.7 Å². The molecule has 2 rings (SSSR count). The van der Waals surface area contributed by atoms with Crippen molar-refractivity contribution in [1.82, 2.24) is 10.3 Å². The van der Waals surface area contributed by atoms with E-state index in [0.29, 0.717) is 6.61 Å². The van der Waals surface area contributed by atoms with E-state index >= 15 is 0 Å². The summed E-state index contributed by atoms with van der Waals surface area (Å²) in [6, 6.07) is 2.17. The molecule has 5 nitrogen and oxygen atoms in total. The van der Waals surface area contributed by atoms with E-state index in [-0.39, 0.29) is 18.4 Å². The van der Waals surface area contributed by atoms with Gasteiger partial charge in [0.2, 0.25) is 0 Å². The van der Waals surface area contributed by atoms with Gasteiger partial charge in [-0.2, -0.15) is 0 Å². The number of aromatic nitrogens is 1. The van der Waals surface area contributed by atoms with Crippen molar-refractivity contribution < 1.29 is 14.2 Å². The molecule has 136 valence electrons. The summed E-state index contributed by atoms with van der Waals surface area (Å²) in [5, 5.41) is 3.57. The third-order valence-electron chi connectivity index (χ3n) is 3.99. The highest BCUT2D eigenvalue weighted by molar-refractivity contribution is 5.31. The molecule has 1 aliphatic heterocycles. The Bertz CT molecular complexity index is 462. The lowest BCUT2D eigenvalue weighted by Gasteiger charge is -2.26. The summed E-state index contributed by atoms with van der Waals surface area (Å²) >= 11 is 0. The molecule has 0 aromatic carbocycles. The van der Waals surface area contributed by atoms with E-state index in [4.69, 9.17) is 14.2 Å². The van der Waals surface area contributed by atoms with Crippen molar-refractivity contribution >= 4 is 0 Å². The molecule has 1 saturated heterocycles. The molecule has 1 unspecified atom stereocenters. The Hall–Kier alpha value is -1.17. The molecule has 1 N–H and O–H groups in total. The van der Waals surface area contributed by atoms with Crippen molar-refractivity contribution in [2.45, 2.75) is 71.3 Å². The topological polar surface area (TPSA) is 52.6 Å². The second-order valence-electron chi connectivity index (χ2n) is 6.63. The van der Waals surface area contributed by atoms with Crippen LogP contribution in [0.2, 0.25) is 0 Å². The first-order valence-electron chi connectivity index (χ1n) is 9.25. The smallest absolute Gasteiger partial charge is 0.157 e. The Kier molecular flexibility index (Phi) is 8.50. The Morgan fingerprint density at radius 3 is 2.96 bits per heavy atom. The fourth-order valence-corrected chi connectivity index (χ4v) is 2.81. The highest BCUT2D eigenvalue weighted by Gasteiger charge is 2.18. The van der Waals surface area contributed by atoms with Gasteiger partial charge >= 0.3 is 0 Å². The van der Waals surface area contributed by atoms with E-state index in [0.717, 1.165) is 50.1 Å². The molecular formula is C19H32N2O3. The molecule has 0 aliphatic carbocycles. The highest BCUT2D eigenvalue weighted by Crippen LogP contribution is 2.21. The molecular weight excluding hydrogens is 304 g/mol. The maximum absolute atomic E-state index is 5.99. The zero-order chi connectivity index (χ0) is 17.2. The largest absolute Gasteiger partial charge is 0.491 e. The third-order valence-corrected chi connectivity index (χ3v) is 3.99. The number of nitrogens with one attached hydrogen (secondary N) is 1. The van der Waals surface area contributed by atoms with E-state index in [9.17, 15) is 0 Å². The van der Waals surface area contributed by atoms with Crippen LogP contribution in [0.1, 0.15) is 52.0 Å². The standard InChI is InChI=1S/C19H32N2O3/c1-4-9-21-17(14-23-19-7-5-6-11-22-19)12-16-13-20-10-8-18(16)24-15(2)3/h8,10,13,15,17,19,21H,4-7,9,11-12,14H2,1-3H3/t17-,19?/m0/s1. The normalized spacial score (nSPS) is 19.4. The van der Waals surface area contributed by atoms with Crippen molar-refractivity contribution in [3.63, 3.8) is 0 Å². The quantitative estimate of drug-likeness (QED) is 0.710. The summed E-state index contributed by atoms with van der Waals surface area (Å²) in [5.41, 5.74) is 1.12. The lowest BCUT2D eigenvalue weighted by atomic mass is 10.1. The van der Waals surface area contributed by atoms with Crippen molar-refractivity contribution in [3.8, 4) is 5.75 Å². The molecule has 1 fully saturated rings. The molecule has 5 heteroatoms. The van der Waals surface area contributed by atoms with Crippen LogP contribution in [0.5, 0.6) is 5.75 Å². The molecule has 0 amide bonds. The van der Waals surface area contributed by atoms with E-state index in [1.807, 2.05) is 26.1 Å². The van der Waals surface area contributed by atoms with Gasteiger partial charge in [-0.25, -0.2) is 0 Å². The summed E-state index contributed by atoms with van der Waals surface area (Å²) in [7, 11) is 0. The summed E-state index contributed by atoms with van der Waals surface area (Å²) in [5.74, 6) is 0.914.